The average Bonchev–Trinajstić information content (AvgIpc) is 3.13. The highest BCUT2D eigenvalue weighted by molar-refractivity contribution is 5.01. The summed E-state index contributed by atoms with van der Waals surface area (Å²) in [7, 11) is 0. The van der Waals surface area contributed by atoms with Crippen molar-refractivity contribution >= 4 is 0 Å². The zero-order valence-corrected chi connectivity index (χ0v) is 25.2. The summed E-state index contributed by atoms with van der Waals surface area (Å²) in [6.07, 6.45) is 9.62. The lowest BCUT2D eigenvalue weighted by molar-refractivity contribution is 0.0259. The number of nitrogens with one attached hydrogen (secondary N) is 2. The van der Waals surface area contributed by atoms with Gasteiger partial charge in [-0.05, 0) is 66.9 Å². The smallest absolute Gasteiger partial charge is 0.0252 e. The molecule has 0 spiro atoms. The van der Waals surface area contributed by atoms with Crippen molar-refractivity contribution in [2.24, 2.45) is 28.1 Å². The second kappa shape index (κ2) is 17.4. The summed E-state index contributed by atoms with van der Waals surface area (Å²) in [6, 6.07) is 0. The molecule has 0 amide bonds. The minimum atomic E-state index is 0. The van der Waals surface area contributed by atoms with E-state index in [0.717, 1.165) is 11.8 Å². The van der Waals surface area contributed by atoms with E-state index in [2.05, 4.69) is 79.9 Å². The van der Waals surface area contributed by atoms with E-state index in [-0.39, 0.29) is 7.43 Å². The van der Waals surface area contributed by atoms with Crippen LogP contribution in [-0.4, -0.2) is 25.2 Å². The van der Waals surface area contributed by atoms with E-state index in [9.17, 15) is 0 Å². The molecule has 33 heavy (non-hydrogen) atoms. The molecule has 0 aromatic rings. The highest BCUT2D eigenvalue weighted by atomic mass is 15.0. The molecule has 2 aliphatic heterocycles. The quantitative estimate of drug-likeness (QED) is 0.419. The molecule has 2 rings (SSSR count). The predicted molar refractivity (Wildman–Crippen MR) is 156 cm³/mol. The van der Waals surface area contributed by atoms with Crippen LogP contribution in [0.25, 0.3) is 0 Å². The molecule has 0 aromatic carbocycles. The fourth-order valence-corrected chi connectivity index (χ4v) is 6.19. The Kier molecular flexibility index (Phi) is 19.7. The number of hydrogen-bond acceptors (Lipinski definition) is 2. The lowest BCUT2D eigenvalue weighted by atomic mass is 9.58. The van der Waals surface area contributed by atoms with Gasteiger partial charge in [0.05, 0.1) is 0 Å². The van der Waals surface area contributed by atoms with Gasteiger partial charge in [-0.1, -0.05) is 124 Å². The summed E-state index contributed by atoms with van der Waals surface area (Å²) < 4.78 is 0. The van der Waals surface area contributed by atoms with E-state index in [1.165, 1.54) is 64.6 Å². The van der Waals surface area contributed by atoms with Gasteiger partial charge >= 0.3 is 0 Å². The van der Waals surface area contributed by atoms with Crippen molar-refractivity contribution in [1.29, 1.82) is 0 Å². The highest BCUT2D eigenvalue weighted by Gasteiger charge is 2.44. The molecule has 2 aliphatic rings. The van der Waals surface area contributed by atoms with Crippen LogP contribution in [-0.2, 0) is 0 Å². The predicted octanol–water partition coefficient (Wildman–Crippen LogP) is 9.73. The summed E-state index contributed by atoms with van der Waals surface area (Å²) in [4.78, 5) is 0. The van der Waals surface area contributed by atoms with Crippen molar-refractivity contribution in [3.63, 3.8) is 0 Å². The molecular formula is C31H70N2. The molecule has 2 unspecified atom stereocenters. The van der Waals surface area contributed by atoms with Crippen LogP contribution in [0.3, 0.4) is 0 Å². The van der Waals surface area contributed by atoms with Gasteiger partial charge in [0, 0.05) is 12.1 Å². The van der Waals surface area contributed by atoms with Crippen molar-refractivity contribution < 1.29 is 0 Å². The van der Waals surface area contributed by atoms with Gasteiger partial charge in [-0.3, -0.25) is 0 Å². The lowest BCUT2D eigenvalue weighted by Gasteiger charge is -2.48. The standard InChI is InChI=1S/2C13H27N.2C2H6.CH4/c1-11(2)13(12(3,4)5)8-6-7-9-14-10-13;1-11(2)13(12(3,4)5)9-7-6-8-10-14-13;2*1-2;/h2*11,14H,6-10H2,1-5H3;2*1-2H3;1H4. The third kappa shape index (κ3) is 10.6. The monoisotopic (exact) mass is 471 g/mol. The molecule has 2 N–H and O–H groups in total. The van der Waals surface area contributed by atoms with Gasteiger partial charge in [0.1, 0.15) is 0 Å². The maximum atomic E-state index is 3.83. The molecular weight excluding hydrogens is 400 g/mol. The Morgan fingerprint density at radius 1 is 0.606 bits per heavy atom. The van der Waals surface area contributed by atoms with Crippen molar-refractivity contribution in [3.05, 3.63) is 0 Å². The van der Waals surface area contributed by atoms with Gasteiger partial charge in [0.2, 0.25) is 0 Å². The third-order valence-corrected chi connectivity index (χ3v) is 8.28. The molecule has 2 atom stereocenters. The first kappa shape index (κ1) is 37.5. The summed E-state index contributed by atoms with van der Waals surface area (Å²) in [5.41, 5.74) is 1.62. The summed E-state index contributed by atoms with van der Waals surface area (Å²) in [5.74, 6) is 1.49. The Morgan fingerprint density at radius 3 is 1.52 bits per heavy atom. The summed E-state index contributed by atoms with van der Waals surface area (Å²) >= 11 is 0. The molecule has 2 heteroatoms. The Hall–Kier alpha value is -0.0800. The molecule has 0 radical (unpaired) electrons. The van der Waals surface area contributed by atoms with Crippen molar-refractivity contribution in [3.8, 4) is 0 Å². The summed E-state index contributed by atoms with van der Waals surface area (Å²) in [6.45, 7) is 35.5. The number of hydrogen-bond donors (Lipinski definition) is 2. The van der Waals surface area contributed by atoms with Crippen LogP contribution >= 0.6 is 0 Å². The molecule has 0 aromatic heterocycles. The maximum absolute atomic E-state index is 3.83. The first-order chi connectivity index (χ1) is 14.8. The average molecular weight is 471 g/mol. The third-order valence-electron chi connectivity index (χ3n) is 8.28. The van der Waals surface area contributed by atoms with E-state index >= 15 is 0 Å². The minimum absolute atomic E-state index is 0. The largest absolute Gasteiger partial charge is 0.316 e. The normalized spacial score (nSPS) is 26.2. The van der Waals surface area contributed by atoms with Crippen LogP contribution < -0.4 is 10.6 Å². The summed E-state index contributed by atoms with van der Waals surface area (Å²) in [5, 5.41) is 7.46. The van der Waals surface area contributed by atoms with Gasteiger partial charge in [-0.2, -0.15) is 0 Å². The molecule has 0 aliphatic carbocycles. The topological polar surface area (TPSA) is 24.1 Å². The van der Waals surface area contributed by atoms with E-state index in [1.807, 2.05) is 27.7 Å². The fraction of sp³-hybridized carbons (Fsp3) is 1.00. The van der Waals surface area contributed by atoms with Gasteiger partial charge in [-0.15, -0.1) is 0 Å². The first-order valence-corrected chi connectivity index (χ1v) is 14.3. The minimum Gasteiger partial charge on any atom is -0.316 e. The first-order valence-electron chi connectivity index (χ1n) is 14.3. The van der Waals surface area contributed by atoms with Gasteiger partial charge < -0.3 is 10.6 Å². The van der Waals surface area contributed by atoms with E-state index in [4.69, 9.17) is 0 Å². The Labute approximate surface area is 213 Å². The van der Waals surface area contributed by atoms with E-state index < -0.39 is 0 Å². The number of rotatable bonds is 2. The van der Waals surface area contributed by atoms with Gasteiger partial charge in [0.15, 0.2) is 0 Å². The molecule has 2 heterocycles. The Balaban J connectivity index is -0.000000461. The van der Waals surface area contributed by atoms with E-state index in [0.29, 0.717) is 21.8 Å². The molecule has 2 nitrogen and oxygen atoms in total. The fourth-order valence-electron chi connectivity index (χ4n) is 6.19. The molecule has 0 saturated carbocycles. The van der Waals surface area contributed by atoms with Crippen LogP contribution in [0.4, 0.5) is 0 Å². The van der Waals surface area contributed by atoms with Crippen LogP contribution in [0.5, 0.6) is 0 Å². The van der Waals surface area contributed by atoms with Gasteiger partial charge in [-0.25, -0.2) is 0 Å². The van der Waals surface area contributed by atoms with E-state index in [1.54, 1.807) is 0 Å². The van der Waals surface area contributed by atoms with Crippen LogP contribution in [0.2, 0.25) is 0 Å². The SMILES string of the molecule is C.CC.CC.CC(C)C1(C(C)(C)C)CCCCCN1.CC(C)C1(C(C)(C)C)CCCCNC1. The second-order valence-electron chi connectivity index (χ2n) is 12.3. The Bertz CT molecular complexity index is 379. The van der Waals surface area contributed by atoms with Gasteiger partial charge in [0.25, 0.3) is 0 Å². The maximum Gasteiger partial charge on any atom is 0.0252 e. The highest BCUT2D eigenvalue weighted by Crippen LogP contribution is 2.48. The molecule has 0 bridgehead atoms. The van der Waals surface area contributed by atoms with Crippen molar-refractivity contribution in [2.45, 2.75) is 155 Å². The van der Waals surface area contributed by atoms with Crippen LogP contribution in [0, 0.1) is 28.1 Å². The molecule has 2 saturated heterocycles. The zero-order chi connectivity index (χ0) is 25.6. The second-order valence-corrected chi connectivity index (χ2v) is 12.3. The molecule has 204 valence electrons. The van der Waals surface area contributed by atoms with Crippen LogP contribution in [0.1, 0.15) is 149 Å². The molecule has 2 fully saturated rings. The lowest BCUT2D eigenvalue weighted by Crippen LogP contribution is -2.58. The Morgan fingerprint density at radius 2 is 1.09 bits per heavy atom. The van der Waals surface area contributed by atoms with Crippen molar-refractivity contribution in [2.75, 3.05) is 19.6 Å². The van der Waals surface area contributed by atoms with Crippen molar-refractivity contribution in [1.82, 2.24) is 10.6 Å². The van der Waals surface area contributed by atoms with Crippen LogP contribution in [0.15, 0.2) is 0 Å². The zero-order valence-electron chi connectivity index (χ0n) is 25.2.